The minimum atomic E-state index is -2.43. The number of halogens is 1. The molecule has 0 amide bonds. The zero-order valence-corrected chi connectivity index (χ0v) is 24.1. The van der Waals surface area contributed by atoms with Crippen LogP contribution in [-0.2, 0) is 26.3 Å². The third-order valence-corrected chi connectivity index (χ3v) is 9.64. The van der Waals surface area contributed by atoms with Crippen molar-refractivity contribution in [2.24, 2.45) is 5.92 Å². The van der Waals surface area contributed by atoms with Gasteiger partial charge in [-0.3, -0.25) is 13.9 Å². The van der Waals surface area contributed by atoms with Crippen molar-refractivity contribution in [3.05, 3.63) is 82.9 Å². The molecule has 0 radical (unpaired) electrons. The van der Waals surface area contributed by atoms with E-state index < -0.39 is 10.6 Å². The smallest absolute Gasteiger partial charge is 0.306 e. The molecule has 3 aromatic rings. The molecule has 0 bridgehead atoms. The Morgan fingerprint density at radius 1 is 1.05 bits per heavy atom. The maximum Gasteiger partial charge on any atom is 0.306 e. The topological polar surface area (TPSA) is 94.5 Å². The van der Waals surface area contributed by atoms with Crippen molar-refractivity contribution < 1.29 is 32.8 Å². The van der Waals surface area contributed by atoms with E-state index in [2.05, 4.69) is 6.07 Å². The number of hydrogen-bond acceptors (Lipinski definition) is 7. The van der Waals surface area contributed by atoms with Crippen LogP contribution >= 0.6 is 22.2 Å². The third kappa shape index (κ3) is 6.93. The first kappa shape index (κ1) is 28.8. The van der Waals surface area contributed by atoms with E-state index in [0.717, 1.165) is 34.4 Å². The molecule has 0 aliphatic carbocycles. The Hall–Kier alpha value is -2.75. The Balaban J connectivity index is 1.18. The largest absolute Gasteiger partial charge is 0.493 e. The van der Waals surface area contributed by atoms with Crippen molar-refractivity contribution in [3.8, 4) is 22.6 Å². The number of esters is 1. The second-order valence-electron chi connectivity index (χ2n) is 10.5. The second kappa shape index (κ2) is 12.4. The minimum Gasteiger partial charge on any atom is -0.493 e. The summed E-state index contributed by atoms with van der Waals surface area (Å²) in [6.45, 7) is 4.02. The van der Waals surface area contributed by atoms with Gasteiger partial charge >= 0.3 is 5.97 Å². The molecule has 2 aliphatic heterocycles. The summed E-state index contributed by atoms with van der Waals surface area (Å²) < 4.78 is 42.2. The highest BCUT2D eigenvalue weighted by Gasteiger charge is 2.42. The number of ether oxygens (including phenoxy) is 4. The maximum atomic E-state index is 12.1. The van der Waals surface area contributed by atoms with Gasteiger partial charge in [0, 0.05) is 23.0 Å². The maximum absolute atomic E-state index is 12.1. The highest BCUT2D eigenvalue weighted by molar-refractivity contribution is 8.24. The van der Waals surface area contributed by atoms with E-state index in [0.29, 0.717) is 61.7 Å². The normalized spacial score (nSPS) is 19.9. The average molecular weight is 587 g/mol. The average Bonchev–Trinajstić information content (AvgIpc) is 3.27. The van der Waals surface area contributed by atoms with E-state index in [-0.39, 0.29) is 17.3 Å². The van der Waals surface area contributed by atoms with Crippen molar-refractivity contribution in [3.63, 3.8) is 0 Å². The van der Waals surface area contributed by atoms with Gasteiger partial charge in [-0.25, -0.2) is 0 Å². The summed E-state index contributed by atoms with van der Waals surface area (Å²) in [6.07, 6.45) is 1.07. The van der Waals surface area contributed by atoms with Crippen molar-refractivity contribution in [2.45, 2.75) is 31.8 Å². The summed E-state index contributed by atoms with van der Waals surface area (Å²) in [5.74, 6) is 2.21. The van der Waals surface area contributed by atoms with Crippen LogP contribution < -0.4 is 9.47 Å². The monoisotopic (exact) mass is 586 g/mol. The van der Waals surface area contributed by atoms with Gasteiger partial charge in [0.05, 0.1) is 43.3 Å². The molecule has 2 aliphatic rings. The molecule has 214 valence electrons. The summed E-state index contributed by atoms with van der Waals surface area (Å²) in [5.41, 5.74) is 3.58. The molecule has 1 unspecified atom stereocenters. The quantitative estimate of drug-likeness (QED) is 0.235. The van der Waals surface area contributed by atoms with Crippen LogP contribution in [0.5, 0.6) is 11.5 Å². The van der Waals surface area contributed by atoms with Crippen LogP contribution in [0.1, 0.15) is 30.9 Å². The Morgan fingerprint density at radius 3 is 2.48 bits per heavy atom. The Labute approximate surface area is 241 Å². The molecule has 2 fully saturated rings. The summed E-state index contributed by atoms with van der Waals surface area (Å²) >= 11 is 6.62. The standard InChI is InChI=1S/C31H35ClO7S/c1-2-37-30(33)16-31(20-36-21-31)25-6-8-26(9-7-25)38-17-22-4-3-5-24(14-22)28-11-10-27(15-29(28)32)39-18-23-12-13-40(34,35)19-23/h3-11,14-15,23,34-35H,2,12-13,16-21H2,1H3. The third-order valence-electron chi connectivity index (χ3n) is 7.44. The molecule has 40 heavy (non-hydrogen) atoms. The summed E-state index contributed by atoms with van der Waals surface area (Å²) in [6, 6.07) is 21.5. The van der Waals surface area contributed by atoms with Crippen LogP contribution in [0.4, 0.5) is 0 Å². The van der Waals surface area contributed by atoms with Gasteiger partial charge in [-0.05, 0) is 66.4 Å². The fourth-order valence-corrected chi connectivity index (χ4v) is 7.35. The van der Waals surface area contributed by atoms with Crippen LogP contribution in [0.15, 0.2) is 66.7 Å². The van der Waals surface area contributed by atoms with E-state index in [9.17, 15) is 13.9 Å². The number of hydrogen-bond donors (Lipinski definition) is 2. The van der Waals surface area contributed by atoms with Crippen molar-refractivity contribution in [1.29, 1.82) is 0 Å². The molecule has 0 spiro atoms. The molecule has 7 nitrogen and oxygen atoms in total. The molecule has 0 aromatic heterocycles. The van der Waals surface area contributed by atoms with E-state index in [1.807, 2.05) is 61.5 Å². The van der Waals surface area contributed by atoms with E-state index in [1.54, 1.807) is 6.07 Å². The zero-order valence-electron chi connectivity index (χ0n) is 22.5. The van der Waals surface area contributed by atoms with Crippen molar-refractivity contribution in [2.75, 3.05) is 37.9 Å². The number of carbonyl (C=O) groups is 1. The first-order valence-electron chi connectivity index (χ1n) is 13.5. The van der Waals surface area contributed by atoms with Crippen molar-refractivity contribution >= 4 is 28.2 Å². The van der Waals surface area contributed by atoms with Crippen LogP contribution in [0.2, 0.25) is 5.02 Å². The molecular formula is C31H35ClO7S. The number of benzene rings is 3. The predicted molar refractivity (Wildman–Crippen MR) is 158 cm³/mol. The Kier molecular flexibility index (Phi) is 8.92. The van der Waals surface area contributed by atoms with Gasteiger partial charge in [-0.2, -0.15) is 10.6 Å². The van der Waals surface area contributed by atoms with Gasteiger partial charge in [0.1, 0.15) is 18.1 Å². The molecule has 9 heteroatoms. The second-order valence-corrected chi connectivity index (χ2v) is 13.3. The van der Waals surface area contributed by atoms with Crippen LogP contribution in [-0.4, -0.2) is 53.0 Å². The molecule has 1 atom stereocenters. The molecule has 2 N–H and O–H groups in total. The highest BCUT2D eigenvalue weighted by Crippen LogP contribution is 2.48. The lowest BCUT2D eigenvalue weighted by molar-refractivity contribution is -0.151. The molecule has 5 rings (SSSR count). The molecule has 0 saturated carbocycles. The minimum absolute atomic E-state index is 0.147. The Morgan fingerprint density at radius 2 is 1.82 bits per heavy atom. The van der Waals surface area contributed by atoms with Crippen LogP contribution in [0, 0.1) is 5.92 Å². The lowest BCUT2D eigenvalue weighted by Crippen LogP contribution is -2.48. The Bertz CT molecular complexity index is 1320. The first-order chi connectivity index (χ1) is 19.2. The lowest BCUT2D eigenvalue weighted by atomic mass is 9.76. The van der Waals surface area contributed by atoms with Gasteiger partial charge < -0.3 is 18.9 Å². The number of rotatable bonds is 11. The van der Waals surface area contributed by atoms with Gasteiger partial charge in [-0.1, -0.05) is 41.9 Å². The van der Waals surface area contributed by atoms with Gasteiger partial charge in [0.15, 0.2) is 0 Å². The number of carbonyl (C=O) groups excluding carboxylic acids is 1. The molecular weight excluding hydrogens is 552 g/mol. The first-order valence-corrected chi connectivity index (χ1v) is 15.7. The van der Waals surface area contributed by atoms with E-state index >= 15 is 0 Å². The molecule has 2 heterocycles. The van der Waals surface area contributed by atoms with Crippen LogP contribution in [0.25, 0.3) is 11.1 Å². The fraction of sp³-hybridized carbons (Fsp3) is 0.387. The van der Waals surface area contributed by atoms with E-state index in [4.69, 9.17) is 30.5 Å². The molecule has 2 saturated heterocycles. The molecule has 3 aromatic carbocycles. The highest BCUT2D eigenvalue weighted by atomic mass is 35.5. The fourth-order valence-electron chi connectivity index (χ4n) is 5.17. The lowest BCUT2D eigenvalue weighted by Gasteiger charge is -2.41. The predicted octanol–water partition coefficient (Wildman–Crippen LogP) is 6.96. The summed E-state index contributed by atoms with van der Waals surface area (Å²) in [4.78, 5) is 12.1. The summed E-state index contributed by atoms with van der Waals surface area (Å²) in [5, 5.41) is 0.582. The van der Waals surface area contributed by atoms with Gasteiger partial charge in [-0.15, -0.1) is 0 Å². The van der Waals surface area contributed by atoms with Crippen molar-refractivity contribution in [1.82, 2.24) is 0 Å². The SMILES string of the molecule is CCOC(=O)CC1(c2ccc(OCc3cccc(-c4ccc(OCC5CCS(O)(O)C5)cc4Cl)c3)cc2)COC1. The van der Waals surface area contributed by atoms with Gasteiger partial charge in [0.2, 0.25) is 0 Å². The van der Waals surface area contributed by atoms with E-state index in [1.165, 1.54) is 0 Å². The summed E-state index contributed by atoms with van der Waals surface area (Å²) in [7, 11) is -2.43. The van der Waals surface area contributed by atoms with Crippen LogP contribution in [0.3, 0.4) is 0 Å². The van der Waals surface area contributed by atoms with Gasteiger partial charge in [0.25, 0.3) is 0 Å². The zero-order chi connectivity index (χ0) is 28.2.